The monoisotopic (exact) mass is 1000 g/mol. The van der Waals surface area contributed by atoms with Crippen LogP contribution in [0, 0.1) is 0 Å². The van der Waals surface area contributed by atoms with E-state index in [4.69, 9.17) is 9.98 Å². The fourth-order valence-corrected chi connectivity index (χ4v) is 11.2. The number of benzene rings is 11. The third kappa shape index (κ3) is 9.32. The zero-order chi connectivity index (χ0) is 52.7. The highest BCUT2D eigenvalue weighted by atomic mass is 15.3. The zero-order valence-corrected chi connectivity index (χ0v) is 44.3. The van der Waals surface area contributed by atoms with Crippen LogP contribution < -0.4 is 0 Å². The van der Waals surface area contributed by atoms with Crippen LogP contribution in [-0.2, 0) is 5.41 Å². The molecule has 0 N–H and O–H groups in total. The summed E-state index contributed by atoms with van der Waals surface area (Å²) < 4.78 is 2.38. The minimum atomic E-state index is -0.364. The van der Waals surface area contributed by atoms with Crippen molar-refractivity contribution in [3.05, 3.63) is 295 Å². The van der Waals surface area contributed by atoms with Gasteiger partial charge >= 0.3 is 0 Å². The molecule has 4 heteroatoms. The first-order valence-corrected chi connectivity index (χ1v) is 27.0. The Bertz CT molecular complexity index is 4200. The predicted octanol–water partition coefficient (Wildman–Crippen LogP) is 18.9. The summed E-state index contributed by atoms with van der Waals surface area (Å²) in [5, 5.41) is 2.49. The Kier molecular flexibility index (Phi) is 12.4. The van der Waals surface area contributed by atoms with Crippen LogP contribution in [0.4, 0.5) is 0 Å². The second-order valence-electron chi connectivity index (χ2n) is 21.5. The third-order valence-electron chi connectivity index (χ3n) is 15.4. The van der Waals surface area contributed by atoms with E-state index >= 15 is 0 Å². The van der Waals surface area contributed by atoms with Crippen LogP contribution in [0.25, 0.3) is 94.3 Å². The number of fused-ring (bicyclic) bond motifs is 3. The maximum absolute atomic E-state index is 5.54. The first kappa shape index (κ1) is 48.0. The van der Waals surface area contributed by atoms with Gasteiger partial charge in [0.1, 0.15) is 5.84 Å². The van der Waals surface area contributed by atoms with E-state index in [0.29, 0.717) is 5.84 Å². The van der Waals surface area contributed by atoms with E-state index in [1.165, 1.54) is 66.3 Å². The molecule has 0 radical (unpaired) electrons. The summed E-state index contributed by atoms with van der Waals surface area (Å²) in [5.74, 6) is 1.54. The Morgan fingerprint density at radius 3 is 1.29 bits per heavy atom. The second kappa shape index (κ2) is 20.1. The molecule has 13 rings (SSSR count). The number of hydrogen-bond acceptors (Lipinski definition) is 3. The third-order valence-corrected chi connectivity index (χ3v) is 15.4. The lowest BCUT2D eigenvalue weighted by Crippen LogP contribution is -2.35. The van der Waals surface area contributed by atoms with E-state index in [1.54, 1.807) is 0 Å². The SMILES string of the molecule is CN1C(c2cccc(-c3cccc(-n4c5ccccc5c5ccccc54)c3)c2)=NC(c2ccc(-c3cc(-c4ccccc4)cc(C(C)(C)C)c3)cc2)=NC1c1cccc(-c2cccc(-c3cccc(-c4ccccc4)c3)c2)c1. The van der Waals surface area contributed by atoms with Gasteiger partial charge in [-0.2, -0.15) is 0 Å². The molecule has 374 valence electrons. The first-order chi connectivity index (χ1) is 38.2. The lowest BCUT2D eigenvalue weighted by atomic mass is 9.83. The average Bonchev–Trinajstić information content (AvgIpc) is 3.99. The highest BCUT2D eigenvalue weighted by molar-refractivity contribution is 6.13. The minimum Gasteiger partial charge on any atom is -0.333 e. The van der Waals surface area contributed by atoms with E-state index in [1.807, 2.05) is 0 Å². The number of aliphatic imine (C=N–C) groups is 2. The van der Waals surface area contributed by atoms with Crippen molar-refractivity contribution < 1.29 is 0 Å². The summed E-state index contributed by atoms with van der Waals surface area (Å²) >= 11 is 0. The number of hydrogen-bond donors (Lipinski definition) is 0. The summed E-state index contributed by atoms with van der Waals surface area (Å²) in [4.78, 5) is 13.3. The van der Waals surface area contributed by atoms with E-state index in [0.717, 1.165) is 56.0 Å². The number of nitrogens with zero attached hydrogens (tertiary/aromatic N) is 4. The lowest BCUT2D eigenvalue weighted by Gasteiger charge is -2.33. The van der Waals surface area contributed by atoms with Gasteiger partial charge in [-0.05, 0) is 138 Å². The van der Waals surface area contributed by atoms with Gasteiger partial charge in [0, 0.05) is 34.6 Å². The molecule has 0 bridgehead atoms. The van der Waals surface area contributed by atoms with E-state index in [-0.39, 0.29) is 11.6 Å². The van der Waals surface area contributed by atoms with Crippen LogP contribution in [0.15, 0.2) is 283 Å². The normalized spacial score (nSPS) is 13.6. The van der Waals surface area contributed by atoms with Crippen LogP contribution in [0.2, 0.25) is 0 Å². The summed E-state index contributed by atoms with van der Waals surface area (Å²) in [5.41, 5.74) is 21.9. The Balaban J connectivity index is 0.887. The topological polar surface area (TPSA) is 32.9 Å². The van der Waals surface area contributed by atoms with Crippen LogP contribution in [0.1, 0.15) is 49.2 Å². The highest BCUT2D eigenvalue weighted by Gasteiger charge is 2.28. The van der Waals surface area contributed by atoms with Crippen LogP contribution in [-0.4, -0.2) is 28.2 Å². The van der Waals surface area contributed by atoms with Crippen molar-refractivity contribution in [3.8, 4) is 72.4 Å². The maximum Gasteiger partial charge on any atom is 0.159 e. The van der Waals surface area contributed by atoms with Gasteiger partial charge in [-0.3, -0.25) is 0 Å². The molecule has 1 aliphatic rings. The Labute approximate surface area is 457 Å². The Morgan fingerprint density at radius 1 is 0.333 bits per heavy atom. The molecule has 0 aliphatic carbocycles. The molecule has 1 aliphatic heterocycles. The van der Waals surface area contributed by atoms with Gasteiger partial charge in [0.15, 0.2) is 12.0 Å². The van der Waals surface area contributed by atoms with Crippen molar-refractivity contribution >= 4 is 33.5 Å². The first-order valence-electron chi connectivity index (χ1n) is 27.0. The van der Waals surface area contributed by atoms with Crippen molar-refractivity contribution in [2.24, 2.45) is 9.98 Å². The molecule has 0 amide bonds. The molecule has 1 unspecified atom stereocenters. The molecule has 11 aromatic carbocycles. The van der Waals surface area contributed by atoms with Gasteiger partial charge in [-0.25, -0.2) is 9.98 Å². The molecule has 0 spiro atoms. The second-order valence-corrected chi connectivity index (χ2v) is 21.5. The molecule has 78 heavy (non-hydrogen) atoms. The number of para-hydroxylation sites is 2. The zero-order valence-electron chi connectivity index (χ0n) is 44.3. The van der Waals surface area contributed by atoms with Gasteiger partial charge in [0.2, 0.25) is 0 Å². The molecule has 1 atom stereocenters. The number of aromatic nitrogens is 1. The molecule has 2 heterocycles. The summed E-state index contributed by atoms with van der Waals surface area (Å²) in [6, 6.07) is 98.8. The van der Waals surface area contributed by atoms with E-state index < -0.39 is 0 Å². The lowest BCUT2D eigenvalue weighted by molar-refractivity contribution is 0.383. The molecule has 0 saturated carbocycles. The molecular weight excluding hydrogens is 945 g/mol. The minimum absolute atomic E-state index is 0.0243. The van der Waals surface area contributed by atoms with E-state index in [9.17, 15) is 0 Å². The molecule has 0 fully saturated rings. The Hall–Kier alpha value is -9.64. The van der Waals surface area contributed by atoms with Crippen molar-refractivity contribution in [3.63, 3.8) is 0 Å². The van der Waals surface area contributed by atoms with Gasteiger partial charge in [0.25, 0.3) is 0 Å². The molecule has 0 saturated heterocycles. The van der Waals surface area contributed by atoms with Crippen molar-refractivity contribution in [2.75, 3.05) is 7.05 Å². The number of amidine groups is 2. The van der Waals surface area contributed by atoms with Gasteiger partial charge in [-0.15, -0.1) is 0 Å². The fourth-order valence-electron chi connectivity index (χ4n) is 11.2. The largest absolute Gasteiger partial charge is 0.333 e. The highest BCUT2D eigenvalue weighted by Crippen LogP contribution is 2.38. The predicted molar refractivity (Wildman–Crippen MR) is 329 cm³/mol. The smallest absolute Gasteiger partial charge is 0.159 e. The molecule has 12 aromatic rings. The maximum atomic E-state index is 5.54. The summed E-state index contributed by atoms with van der Waals surface area (Å²) in [6.07, 6.45) is -0.364. The van der Waals surface area contributed by atoms with Gasteiger partial charge < -0.3 is 9.47 Å². The van der Waals surface area contributed by atoms with Crippen LogP contribution >= 0.6 is 0 Å². The average molecular weight is 1000 g/mol. The molecule has 4 nitrogen and oxygen atoms in total. The van der Waals surface area contributed by atoms with E-state index in [2.05, 4.69) is 310 Å². The van der Waals surface area contributed by atoms with Gasteiger partial charge in [-0.1, -0.05) is 239 Å². The molecule has 1 aromatic heterocycles. The van der Waals surface area contributed by atoms with Crippen molar-refractivity contribution in [2.45, 2.75) is 32.4 Å². The quantitative estimate of drug-likeness (QED) is 0.134. The summed E-state index contributed by atoms with van der Waals surface area (Å²) in [6.45, 7) is 6.85. The van der Waals surface area contributed by atoms with Gasteiger partial charge in [0.05, 0.1) is 11.0 Å². The summed E-state index contributed by atoms with van der Waals surface area (Å²) in [7, 11) is 2.13. The van der Waals surface area contributed by atoms with Crippen LogP contribution in [0.3, 0.4) is 0 Å². The molecular formula is C74H58N4. The fraction of sp³-hybridized carbons (Fsp3) is 0.0811. The van der Waals surface area contributed by atoms with Crippen LogP contribution in [0.5, 0.6) is 0 Å². The van der Waals surface area contributed by atoms with Crippen molar-refractivity contribution in [1.29, 1.82) is 0 Å². The number of rotatable bonds is 10. The van der Waals surface area contributed by atoms with Crippen molar-refractivity contribution in [1.82, 2.24) is 9.47 Å². The standard InChI is InChI=1S/C74H58N4/c1-74(2,3)65-47-63(51-22-9-6-10-23-51)46-64(48-65)52-38-40-53(41-39-52)71-75-72(61-31-17-28-58(44-61)57-27-16-26-56(43-57)55-25-15-24-54(42-55)50-20-7-5-8-21-50)77(4)73(76-71)62-32-18-29-59(45-62)60-30-19-33-66(49-60)78-69-36-13-11-34-67(69)68-35-12-14-37-70(68)78/h5-49,72H,1-4H3. The Morgan fingerprint density at radius 2 is 0.731 bits per heavy atom.